The Hall–Kier alpha value is -1.79. The molecule has 1 amide bonds. The molecule has 1 aliphatic rings. The number of piperidine rings is 1. The number of nitrogens with two attached hydrogens (primary N) is 1. The molecule has 2 rings (SSSR count). The standard InChI is InChI=1S/C13H14F4N2O/c14-10-4-3-8(6-11(10)18)12(20)19-5-1-2-9(7-19)13(15,16)17/h3-4,6,9H,1-2,5,7,18H2. The summed E-state index contributed by atoms with van der Waals surface area (Å²) >= 11 is 0. The van der Waals surface area contributed by atoms with Crippen molar-refractivity contribution in [3.05, 3.63) is 29.6 Å². The molecule has 1 saturated heterocycles. The van der Waals surface area contributed by atoms with Crippen LogP contribution in [0.15, 0.2) is 18.2 Å². The monoisotopic (exact) mass is 290 g/mol. The number of rotatable bonds is 1. The average Bonchev–Trinajstić information content (AvgIpc) is 2.40. The van der Waals surface area contributed by atoms with E-state index in [2.05, 4.69) is 0 Å². The zero-order valence-corrected chi connectivity index (χ0v) is 10.6. The number of halogens is 4. The van der Waals surface area contributed by atoms with Crippen LogP contribution in [-0.4, -0.2) is 30.1 Å². The van der Waals surface area contributed by atoms with Gasteiger partial charge in [-0.3, -0.25) is 4.79 Å². The number of benzene rings is 1. The van der Waals surface area contributed by atoms with Gasteiger partial charge >= 0.3 is 6.18 Å². The molecule has 2 N–H and O–H groups in total. The fourth-order valence-electron chi connectivity index (χ4n) is 2.29. The van der Waals surface area contributed by atoms with E-state index in [1.807, 2.05) is 0 Å². The minimum absolute atomic E-state index is 0.0266. The van der Waals surface area contributed by atoms with E-state index in [4.69, 9.17) is 5.73 Å². The maximum atomic E-state index is 13.0. The number of carbonyl (C=O) groups is 1. The van der Waals surface area contributed by atoms with Crippen LogP contribution in [0.5, 0.6) is 0 Å². The summed E-state index contributed by atoms with van der Waals surface area (Å²) in [7, 11) is 0. The van der Waals surface area contributed by atoms with Crippen molar-refractivity contribution in [2.24, 2.45) is 5.92 Å². The van der Waals surface area contributed by atoms with Crippen LogP contribution < -0.4 is 5.73 Å². The van der Waals surface area contributed by atoms with Gasteiger partial charge in [0, 0.05) is 18.7 Å². The zero-order chi connectivity index (χ0) is 14.9. The first-order chi connectivity index (χ1) is 9.29. The summed E-state index contributed by atoms with van der Waals surface area (Å²) in [5, 5.41) is 0. The van der Waals surface area contributed by atoms with Gasteiger partial charge in [-0.25, -0.2) is 4.39 Å². The Bertz CT molecular complexity index is 516. The van der Waals surface area contributed by atoms with Gasteiger partial charge in [-0.05, 0) is 31.0 Å². The van der Waals surface area contributed by atoms with Crippen molar-refractivity contribution < 1.29 is 22.4 Å². The van der Waals surface area contributed by atoms with Gasteiger partial charge in [-0.2, -0.15) is 13.2 Å². The van der Waals surface area contributed by atoms with E-state index < -0.39 is 23.8 Å². The largest absolute Gasteiger partial charge is 0.396 e. The molecule has 1 heterocycles. The highest BCUT2D eigenvalue weighted by atomic mass is 19.4. The topological polar surface area (TPSA) is 46.3 Å². The average molecular weight is 290 g/mol. The van der Waals surface area contributed by atoms with Crippen molar-refractivity contribution in [1.82, 2.24) is 4.90 Å². The molecule has 3 nitrogen and oxygen atoms in total. The molecule has 1 aromatic rings. The Morgan fingerprint density at radius 2 is 2.05 bits per heavy atom. The Morgan fingerprint density at radius 1 is 1.35 bits per heavy atom. The van der Waals surface area contributed by atoms with Gasteiger partial charge in [-0.1, -0.05) is 0 Å². The number of nitrogen functional groups attached to an aromatic ring is 1. The van der Waals surface area contributed by atoms with Gasteiger partial charge in [0.05, 0.1) is 11.6 Å². The van der Waals surface area contributed by atoms with Crippen LogP contribution >= 0.6 is 0 Å². The highest BCUT2D eigenvalue weighted by Crippen LogP contribution is 2.33. The molecule has 1 aromatic carbocycles. The smallest absolute Gasteiger partial charge is 0.393 e. The molecule has 7 heteroatoms. The molecular formula is C13H14F4N2O. The maximum Gasteiger partial charge on any atom is 0.393 e. The van der Waals surface area contributed by atoms with Crippen LogP contribution in [0.1, 0.15) is 23.2 Å². The Kier molecular flexibility index (Phi) is 3.87. The highest BCUT2D eigenvalue weighted by Gasteiger charge is 2.42. The summed E-state index contributed by atoms with van der Waals surface area (Å²) in [6.07, 6.45) is -3.98. The summed E-state index contributed by atoms with van der Waals surface area (Å²) in [6, 6.07) is 3.41. The number of anilines is 1. The van der Waals surface area contributed by atoms with Gasteiger partial charge in [0.1, 0.15) is 5.82 Å². The fraction of sp³-hybridized carbons (Fsp3) is 0.462. The summed E-state index contributed by atoms with van der Waals surface area (Å²) in [5.41, 5.74) is 5.27. The van der Waals surface area contributed by atoms with Crippen LogP contribution in [-0.2, 0) is 0 Å². The van der Waals surface area contributed by atoms with E-state index in [9.17, 15) is 22.4 Å². The summed E-state index contributed by atoms with van der Waals surface area (Å²) in [4.78, 5) is 13.3. The Labute approximate surface area is 113 Å². The first-order valence-electron chi connectivity index (χ1n) is 6.20. The molecule has 0 aromatic heterocycles. The maximum absolute atomic E-state index is 13.0. The third-order valence-corrected chi connectivity index (χ3v) is 3.41. The van der Waals surface area contributed by atoms with Crippen molar-refractivity contribution in [1.29, 1.82) is 0 Å². The van der Waals surface area contributed by atoms with Crippen LogP contribution in [0.3, 0.4) is 0 Å². The van der Waals surface area contributed by atoms with Crippen molar-refractivity contribution in [2.45, 2.75) is 19.0 Å². The first kappa shape index (κ1) is 14.6. The van der Waals surface area contributed by atoms with Crippen LogP contribution in [0.25, 0.3) is 0 Å². The number of carbonyl (C=O) groups excluding carboxylic acids is 1. The minimum atomic E-state index is -4.30. The molecular weight excluding hydrogens is 276 g/mol. The van der Waals surface area contributed by atoms with Crippen molar-refractivity contribution in [2.75, 3.05) is 18.8 Å². The molecule has 1 atom stereocenters. The summed E-state index contributed by atoms with van der Waals surface area (Å²) in [6.45, 7) is -0.0949. The number of alkyl halides is 3. The van der Waals surface area contributed by atoms with E-state index in [1.54, 1.807) is 0 Å². The van der Waals surface area contributed by atoms with E-state index in [0.29, 0.717) is 6.42 Å². The second-order valence-electron chi connectivity index (χ2n) is 4.87. The lowest BCUT2D eigenvalue weighted by atomic mass is 9.97. The molecule has 1 fully saturated rings. The highest BCUT2D eigenvalue weighted by molar-refractivity contribution is 5.95. The van der Waals surface area contributed by atoms with E-state index in [1.165, 1.54) is 6.07 Å². The van der Waals surface area contributed by atoms with Gasteiger partial charge in [-0.15, -0.1) is 0 Å². The van der Waals surface area contributed by atoms with Crippen molar-refractivity contribution in [3.63, 3.8) is 0 Å². The first-order valence-corrected chi connectivity index (χ1v) is 6.20. The van der Waals surface area contributed by atoms with Gasteiger partial charge in [0.25, 0.3) is 5.91 Å². The normalized spacial score (nSPS) is 20.0. The molecule has 0 bridgehead atoms. The number of hydrogen-bond donors (Lipinski definition) is 1. The molecule has 0 radical (unpaired) electrons. The van der Waals surface area contributed by atoms with Gasteiger partial charge < -0.3 is 10.6 Å². The minimum Gasteiger partial charge on any atom is -0.396 e. The second-order valence-corrected chi connectivity index (χ2v) is 4.87. The zero-order valence-electron chi connectivity index (χ0n) is 10.6. The SMILES string of the molecule is Nc1cc(C(=O)N2CCCC(C(F)(F)F)C2)ccc1F. The Morgan fingerprint density at radius 3 is 2.65 bits per heavy atom. The van der Waals surface area contributed by atoms with E-state index in [-0.39, 0.29) is 30.8 Å². The van der Waals surface area contributed by atoms with Gasteiger partial charge in [0.15, 0.2) is 0 Å². The van der Waals surface area contributed by atoms with Crippen LogP contribution in [0.2, 0.25) is 0 Å². The molecule has 1 unspecified atom stereocenters. The lowest BCUT2D eigenvalue weighted by Crippen LogP contribution is -2.44. The van der Waals surface area contributed by atoms with Crippen LogP contribution in [0, 0.1) is 11.7 Å². The molecule has 0 aliphatic carbocycles. The predicted octanol–water partition coefficient (Wildman–Crippen LogP) is 2.82. The van der Waals surface area contributed by atoms with Gasteiger partial charge in [0.2, 0.25) is 0 Å². The molecule has 1 aliphatic heterocycles. The Balaban J connectivity index is 2.14. The lowest BCUT2D eigenvalue weighted by molar-refractivity contribution is -0.184. The van der Waals surface area contributed by atoms with E-state index >= 15 is 0 Å². The van der Waals surface area contributed by atoms with E-state index in [0.717, 1.165) is 17.0 Å². The van der Waals surface area contributed by atoms with Crippen molar-refractivity contribution >= 4 is 11.6 Å². The van der Waals surface area contributed by atoms with Crippen molar-refractivity contribution in [3.8, 4) is 0 Å². The number of hydrogen-bond acceptors (Lipinski definition) is 2. The third kappa shape index (κ3) is 3.02. The predicted molar refractivity (Wildman–Crippen MR) is 65.5 cm³/mol. The lowest BCUT2D eigenvalue weighted by Gasteiger charge is -2.33. The molecule has 110 valence electrons. The summed E-state index contributed by atoms with van der Waals surface area (Å²) in [5.74, 6) is -2.71. The fourth-order valence-corrected chi connectivity index (χ4v) is 2.29. The third-order valence-electron chi connectivity index (χ3n) is 3.41. The van der Waals surface area contributed by atoms with Crippen LogP contribution in [0.4, 0.5) is 23.2 Å². The molecule has 0 saturated carbocycles. The number of nitrogens with zero attached hydrogens (tertiary/aromatic N) is 1. The number of likely N-dealkylation sites (tertiary alicyclic amines) is 1. The molecule has 0 spiro atoms. The molecule has 20 heavy (non-hydrogen) atoms. The summed E-state index contributed by atoms with van der Waals surface area (Å²) < 4.78 is 51.1. The quantitative estimate of drug-likeness (QED) is 0.638. The second kappa shape index (κ2) is 5.30. The number of amides is 1.